The molecular weight excluding hydrogens is 651 g/mol. The molecule has 0 aliphatic rings. The molecule has 2 aromatic carbocycles. The van der Waals surface area contributed by atoms with E-state index in [1.165, 1.54) is 0 Å². The summed E-state index contributed by atoms with van der Waals surface area (Å²) in [6.07, 6.45) is 0. The minimum absolute atomic E-state index is 0.211. The summed E-state index contributed by atoms with van der Waals surface area (Å²) in [5.41, 5.74) is 0. The van der Waals surface area contributed by atoms with Crippen molar-refractivity contribution in [2.24, 2.45) is 0 Å². The number of hydrogen-bond acceptors (Lipinski definition) is 3. The molecule has 0 spiro atoms. The summed E-state index contributed by atoms with van der Waals surface area (Å²) in [6, 6.07) is 3.33. The van der Waals surface area contributed by atoms with Crippen LogP contribution >= 0.6 is 92.8 Å². The van der Waals surface area contributed by atoms with Crippen LogP contribution in [0.4, 0.5) is 0 Å². The molecule has 0 heterocycles. The number of hydrogen-bond donors (Lipinski definition) is 1. The minimum atomic E-state index is -4.92. The fourth-order valence-electron chi connectivity index (χ4n) is 1.34. The molecule has 26 heavy (non-hydrogen) atoms. The summed E-state index contributed by atoms with van der Waals surface area (Å²) in [4.78, 5) is 0. The van der Waals surface area contributed by atoms with Crippen molar-refractivity contribution in [2.45, 2.75) is 0 Å². The van der Waals surface area contributed by atoms with E-state index >= 15 is 0 Å². The smallest absolute Gasteiger partial charge is 0.361 e. The van der Waals surface area contributed by atoms with E-state index < -0.39 is 31.6 Å². The normalized spacial score (nSPS) is 11.2. The molecule has 0 atom stereocenters. The van der Waals surface area contributed by atoms with Crippen LogP contribution in [0.3, 0.4) is 0 Å². The predicted octanol–water partition coefficient (Wildman–Crippen LogP) is 4.05. The molecule has 0 unspecified atom stereocenters. The molecule has 0 aliphatic heterocycles. The highest BCUT2D eigenvalue weighted by Crippen LogP contribution is 2.37. The van der Waals surface area contributed by atoms with Crippen molar-refractivity contribution >= 4 is 103 Å². The highest BCUT2D eigenvalue weighted by Gasteiger charge is 2.29. The first-order valence-corrected chi connectivity index (χ1v) is 12.3. The molecule has 4 nitrogen and oxygen atoms in total. The van der Waals surface area contributed by atoms with Crippen LogP contribution in [0.15, 0.2) is 12.1 Å². The van der Waals surface area contributed by atoms with Crippen LogP contribution in [-0.2, 0) is 10.4 Å². The van der Waals surface area contributed by atoms with Crippen molar-refractivity contribution in [3.63, 3.8) is 0 Å². The Kier molecular flexibility index (Phi) is 10.2. The molecule has 144 valence electrons. The van der Waals surface area contributed by atoms with Crippen molar-refractivity contribution in [3.05, 3.63) is 59.5 Å². The standard InChI is InChI=1S/C12H2Cl8I.H2O4S/c13-3-1-5(9(17)11(19)7(3)15)21-6-2-4(14)8(16)12(20)10(6)18;1-5(2,3)4/h1-2H;(H2,1,2,3,4)/q+1;/p-1. The van der Waals surface area contributed by atoms with Gasteiger partial charge in [0.05, 0.1) is 30.1 Å². The highest BCUT2D eigenvalue weighted by atomic mass is 127. The molecule has 0 aliphatic carbocycles. The van der Waals surface area contributed by atoms with E-state index in [-0.39, 0.29) is 20.1 Å². The highest BCUT2D eigenvalue weighted by molar-refractivity contribution is 7.79. The Morgan fingerprint density at radius 3 is 1.23 bits per heavy atom. The first-order valence-electron chi connectivity index (χ1n) is 5.73. The number of rotatable bonds is 2. The zero-order valence-corrected chi connectivity index (χ0v) is 20.7. The molecular formula is C12H3Cl8IO4S. The fourth-order valence-corrected chi connectivity index (χ4v) is 6.68. The van der Waals surface area contributed by atoms with Gasteiger partial charge in [0, 0.05) is 12.1 Å². The molecule has 14 heteroatoms. The van der Waals surface area contributed by atoms with E-state index in [4.69, 9.17) is 110 Å². The zero-order chi connectivity index (χ0) is 20.4. The van der Waals surface area contributed by atoms with Gasteiger partial charge in [-0.15, -0.1) is 0 Å². The van der Waals surface area contributed by atoms with Crippen molar-refractivity contribution in [2.75, 3.05) is 0 Å². The van der Waals surface area contributed by atoms with Crippen molar-refractivity contribution in [1.29, 1.82) is 0 Å². The lowest BCUT2D eigenvalue weighted by molar-refractivity contribution is -0.597. The molecule has 2 aromatic rings. The lowest BCUT2D eigenvalue weighted by Crippen LogP contribution is -3.61. The van der Waals surface area contributed by atoms with Crippen molar-refractivity contribution in [3.8, 4) is 0 Å². The van der Waals surface area contributed by atoms with E-state index in [2.05, 4.69) is 0 Å². The first-order chi connectivity index (χ1) is 11.7. The molecule has 0 fully saturated rings. The van der Waals surface area contributed by atoms with Gasteiger partial charge in [0.15, 0.2) is 0 Å². The van der Waals surface area contributed by atoms with Gasteiger partial charge in [-0.05, 0) is 0 Å². The van der Waals surface area contributed by atoms with E-state index in [1.54, 1.807) is 12.1 Å². The maximum absolute atomic E-state index is 8.63. The van der Waals surface area contributed by atoms with Gasteiger partial charge in [0.25, 0.3) is 0 Å². The Hall–Kier alpha value is 1.36. The lowest BCUT2D eigenvalue weighted by atomic mass is 10.3. The second-order valence-electron chi connectivity index (χ2n) is 4.09. The Balaban J connectivity index is 0.000000597. The van der Waals surface area contributed by atoms with Gasteiger partial charge in [-0.3, -0.25) is 4.55 Å². The molecule has 0 amide bonds. The summed E-state index contributed by atoms with van der Waals surface area (Å²) < 4.78 is 34.3. The van der Waals surface area contributed by atoms with Gasteiger partial charge >= 0.3 is 21.2 Å². The van der Waals surface area contributed by atoms with Gasteiger partial charge in [0.1, 0.15) is 10.0 Å². The maximum atomic E-state index is 8.63. The van der Waals surface area contributed by atoms with Crippen LogP contribution in [0.5, 0.6) is 0 Å². The van der Waals surface area contributed by atoms with Gasteiger partial charge in [0.2, 0.25) is 17.5 Å². The third kappa shape index (κ3) is 7.31. The Morgan fingerprint density at radius 1 is 0.692 bits per heavy atom. The zero-order valence-electron chi connectivity index (χ0n) is 11.6. The van der Waals surface area contributed by atoms with Crippen LogP contribution in [0, 0.1) is 7.14 Å². The molecule has 0 saturated carbocycles. The van der Waals surface area contributed by atoms with Gasteiger partial charge in [-0.25, -0.2) is 8.42 Å². The minimum Gasteiger partial charge on any atom is -0.726 e. The second-order valence-corrected chi connectivity index (χ2v) is 10.9. The van der Waals surface area contributed by atoms with E-state index in [0.717, 1.165) is 7.14 Å². The molecule has 2 rings (SSSR count). The Bertz CT molecular complexity index is 882. The van der Waals surface area contributed by atoms with Gasteiger partial charge in [-0.1, -0.05) is 92.8 Å². The van der Waals surface area contributed by atoms with Crippen LogP contribution in [-0.4, -0.2) is 17.5 Å². The van der Waals surface area contributed by atoms with Crippen LogP contribution in [0.2, 0.25) is 40.2 Å². The maximum Gasteiger partial charge on any atom is 0.361 e. The lowest BCUT2D eigenvalue weighted by Gasteiger charge is -2.03. The van der Waals surface area contributed by atoms with Gasteiger partial charge < -0.3 is 4.55 Å². The molecule has 0 bridgehead atoms. The summed E-state index contributed by atoms with van der Waals surface area (Å²) >= 11 is 47.6. The van der Waals surface area contributed by atoms with E-state index in [0.29, 0.717) is 20.1 Å². The monoisotopic (exact) mass is 650 g/mol. The average Bonchev–Trinajstić information content (AvgIpc) is 2.52. The summed E-state index contributed by atoms with van der Waals surface area (Å²) in [5.74, 6) is 0. The third-order valence-corrected chi connectivity index (χ3v) is 9.32. The molecule has 0 aromatic heterocycles. The van der Waals surface area contributed by atoms with Crippen LogP contribution in [0.1, 0.15) is 0 Å². The van der Waals surface area contributed by atoms with Crippen molar-refractivity contribution < 1.29 is 38.7 Å². The molecule has 1 N–H and O–H groups in total. The predicted molar refractivity (Wildman–Crippen MR) is 103 cm³/mol. The van der Waals surface area contributed by atoms with Crippen molar-refractivity contribution in [1.82, 2.24) is 0 Å². The second kappa shape index (κ2) is 10.4. The molecule has 0 saturated heterocycles. The first kappa shape index (κ1) is 25.4. The quantitative estimate of drug-likeness (QED) is 0.175. The number of halogens is 9. The van der Waals surface area contributed by atoms with Crippen LogP contribution < -0.4 is 21.2 Å². The fraction of sp³-hybridized carbons (Fsp3) is 0. The SMILES string of the molecule is Clc1cc([I+]c2cc(Cl)c(Cl)c(Cl)c2Cl)c(Cl)c(Cl)c1Cl.O=S(=O)([O-])O. The average molecular weight is 654 g/mol. The van der Waals surface area contributed by atoms with E-state index in [9.17, 15) is 0 Å². The third-order valence-electron chi connectivity index (χ3n) is 2.32. The van der Waals surface area contributed by atoms with Crippen LogP contribution in [0.25, 0.3) is 0 Å². The Labute approximate surface area is 199 Å². The summed E-state index contributed by atoms with van der Waals surface area (Å²) in [5, 5.41) is 2.19. The molecule has 0 radical (unpaired) electrons. The summed E-state index contributed by atoms with van der Waals surface area (Å²) in [6.45, 7) is 0. The van der Waals surface area contributed by atoms with E-state index in [1.807, 2.05) is 0 Å². The van der Waals surface area contributed by atoms with Gasteiger partial charge in [-0.2, -0.15) is 0 Å². The largest absolute Gasteiger partial charge is 0.726 e. The topological polar surface area (TPSA) is 77.4 Å². The summed E-state index contributed by atoms with van der Waals surface area (Å²) in [7, 11) is -4.92. The Morgan fingerprint density at radius 2 is 0.962 bits per heavy atom. The number of benzene rings is 2.